The van der Waals surface area contributed by atoms with Crippen molar-refractivity contribution < 1.29 is 22.7 Å². The van der Waals surface area contributed by atoms with Gasteiger partial charge in [-0.15, -0.1) is 0 Å². The number of benzene rings is 1. The molecule has 0 bridgehead atoms. The third-order valence-electron chi connectivity index (χ3n) is 4.34. The van der Waals surface area contributed by atoms with E-state index < -0.39 is 10.0 Å². The molecule has 0 aromatic heterocycles. The first kappa shape index (κ1) is 18.9. The van der Waals surface area contributed by atoms with E-state index in [1.807, 2.05) is 0 Å². The van der Waals surface area contributed by atoms with Crippen molar-refractivity contribution in [3.05, 3.63) is 18.2 Å². The minimum Gasteiger partial charge on any atom is -0.490 e. The lowest BCUT2D eigenvalue weighted by Crippen LogP contribution is -2.46. The van der Waals surface area contributed by atoms with Gasteiger partial charge in [-0.1, -0.05) is 0 Å². The first-order valence-corrected chi connectivity index (χ1v) is 10.4. The number of rotatable bonds is 6. The monoisotopic (exact) mass is 383 g/mol. The molecule has 3 N–H and O–H groups in total. The Morgan fingerprint density at radius 3 is 2.77 bits per heavy atom. The van der Waals surface area contributed by atoms with Crippen molar-refractivity contribution in [1.29, 1.82) is 0 Å². The van der Waals surface area contributed by atoms with Gasteiger partial charge in [0.15, 0.2) is 11.5 Å². The van der Waals surface area contributed by atoms with E-state index in [1.165, 1.54) is 12.1 Å². The van der Waals surface area contributed by atoms with E-state index in [9.17, 15) is 13.2 Å². The molecule has 0 radical (unpaired) electrons. The molecule has 0 spiro atoms. The molecule has 3 rings (SSSR count). The first-order chi connectivity index (χ1) is 12.5. The molecule has 0 saturated carbocycles. The maximum Gasteiger partial charge on any atom is 0.240 e. The van der Waals surface area contributed by atoms with Crippen LogP contribution in [0.15, 0.2) is 23.1 Å². The zero-order chi connectivity index (χ0) is 18.4. The summed E-state index contributed by atoms with van der Waals surface area (Å²) in [6, 6.07) is 4.65. The van der Waals surface area contributed by atoms with Crippen LogP contribution >= 0.6 is 0 Å². The highest BCUT2D eigenvalue weighted by molar-refractivity contribution is 7.89. The summed E-state index contributed by atoms with van der Waals surface area (Å²) in [5.74, 6) is 0.815. The predicted octanol–water partition coefficient (Wildman–Crippen LogP) is 0.385. The van der Waals surface area contributed by atoms with Crippen molar-refractivity contribution in [2.75, 3.05) is 32.8 Å². The van der Waals surface area contributed by atoms with Gasteiger partial charge in [-0.2, -0.15) is 0 Å². The SMILES string of the molecule is O=C(CCNS(=O)(=O)c1ccc2c(c1)OCCCO2)N[C@H]1CCCNC1. The summed E-state index contributed by atoms with van der Waals surface area (Å²) in [4.78, 5) is 12.0. The minimum atomic E-state index is -3.71. The van der Waals surface area contributed by atoms with Crippen molar-refractivity contribution >= 4 is 15.9 Å². The van der Waals surface area contributed by atoms with E-state index in [4.69, 9.17) is 9.47 Å². The number of nitrogens with one attached hydrogen (secondary N) is 3. The van der Waals surface area contributed by atoms with E-state index in [1.54, 1.807) is 6.07 Å². The Bertz CT molecular complexity index is 732. The quantitative estimate of drug-likeness (QED) is 0.656. The minimum absolute atomic E-state index is 0.0444. The highest BCUT2D eigenvalue weighted by Crippen LogP contribution is 2.31. The summed E-state index contributed by atoms with van der Waals surface area (Å²) in [6.07, 6.45) is 2.82. The third-order valence-corrected chi connectivity index (χ3v) is 5.79. The molecule has 1 fully saturated rings. The normalized spacial score (nSPS) is 20.2. The van der Waals surface area contributed by atoms with Gasteiger partial charge >= 0.3 is 0 Å². The maximum absolute atomic E-state index is 12.4. The Morgan fingerprint density at radius 2 is 2.00 bits per heavy atom. The van der Waals surface area contributed by atoms with E-state index >= 15 is 0 Å². The van der Waals surface area contributed by atoms with Crippen LogP contribution in [0.2, 0.25) is 0 Å². The number of ether oxygens (including phenoxy) is 2. The standard InChI is InChI=1S/C17H25N3O5S/c21-17(20-13-3-1-7-18-12-13)6-8-19-26(22,23)14-4-5-15-16(11-14)25-10-2-9-24-15/h4-5,11,13,18-19H,1-3,6-10,12H2,(H,20,21)/t13-/m0/s1. The van der Waals surface area contributed by atoms with Crippen molar-refractivity contribution in [3.8, 4) is 11.5 Å². The number of hydrogen-bond donors (Lipinski definition) is 3. The predicted molar refractivity (Wildman–Crippen MR) is 95.9 cm³/mol. The van der Waals surface area contributed by atoms with Crippen molar-refractivity contribution in [2.24, 2.45) is 0 Å². The van der Waals surface area contributed by atoms with Crippen LogP contribution < -0.4 is 24.8 Å². The lowest BCUT2D eigenvalue weighted by Gasteiger charge is -2.23. The lowest BCUT2D eigenvalue weighted by atomic mass is 10.1. The van der Waals surface area contributed by atoms with Crippen LogP contribution in [0.25, 0.3) is 0 Å². The number of amides is 1. The average molecular weight is 383 g/mol. The van der Waals surface area contributed by atoms with Gasteiger partial charge in [0.25, 0.3) is 0 Å². The fourth-order valence-electron chi connectivity index (χ4n) is 2.97. The second-order valence-corrected chi connectivity index (χ2v) is 8.18. The fourth-order valence-corrected chi connectivity index (χ4v) is 4.01. The van der Waals surface area contributed by atoms with Crippen LogP contribution in [0.5, 0.6) is 11.5 Å². The molecule has 8 nitrogen and oxygen atoms in total. The molecular weight excluding hydrogens is 358 g/mol. The number of hydrogen-bond acceptors (Lipinski definition) is 6. The molecule has 2 aliphatic rings. The molecule has 1 atom stereocenters. The molecule has 1 aromatic carbocycles. The van der Waals surface area contributed by atoms with Gasteiger partial charge in [-0.05, 0) is 31.5 Å². The Kier molecular flexibility index (Phi) is 6.33. The van der Waals surface area contributed by atoms with Crippen LogP contribution in [-0.4, -0.2) is 53.2 Å². The third kappa shape index (κ3) is 5.09. The summed E-state index contributed by atoms with van der Waals surface area (Å²) < 4.78 is 38.3. The van der Waals surface area contributed by atoms with Crippen molar-refractivity contribution in [2.45, 2.75) is 36.6 Å². The molecule has 144 valence electrons. The lowest BCUT2D eigenvalue weighted by molar-refractivity contribution is -0.121. The van der Waals surface area contributed by atoms with E-state index in [0.29, 0.717) is 24.7 Å². The average Bonchev–Trinajstić information content (AvgIpc) is 2.87. The van der Waals surface area contributed by atoms with Gasteiger partial charge in [-0.3, -0.25) is 4.79 Å². The molecule has 2 heterocycles. The number of carbonyl (C=O) groups is 1. The number of fused-ring (bicyclic) bond motifs is 1. The largest absolute Gasteiger partial charge is 0.490 e. The Hall–Kier alpha value is -1.84. The van der Waals surface area contributed by atoms with E-state index in [2.05, 4.69) is 15.4 Å². The Balaban J connectivity index is 1.52. The van der Waals surface area contributed by atoms with Gasteiger partial charge in [0, 0.05) is 38.0 Å². The molecule has 1 amide bonds. The van der Waals surface area contributed by atoms with Crippen LogP contribution in [0.4, 0.5) is 0 Å². The van der Waals surface area contributed by atoms with Gasteiger partial charge in [0.2, 0.25) is 15.9 Å². The molecule has 0 unspecified atom stereocenters. The highest BCUT2D eigenvalue weighted by Gasteiger charge is 2.20. The highest BCUT2D eigenvalue weighted by atomic mass is 32.2. The molecule has 9 heteroatoms. The molecular formula is C17H25N3O5S. The second kappa shape index (κ2) is 8.70. The Labute approximate surface area is 153 Å². The maximum atomic E-state index is 12.4. The summed E-state index contributed by atoms with van der Waals surface area (Å²) in [5.41, 5.74) is 0. The first-order valence-electron chi connectivity index (χ1n) is 8.94. The van der Waals surface area contributed by atoms with Crippen LogP contribution in [0, 0.1) is 0 Å². The number of piperidine rings is 1. The molecule has 26 heavy (non-hydrogen) atoms. The summed E-state index contributed by atoms with van der Waals surface area (Å²) in [6.45, 7) is 2.81. The van der Waals surface area contributed by atoms with Crippen LogP contribution in [-0.2, 0) is 14.8 Å². The van der Waals surface area contributed by atoms with Gasteiger partial charge in [-0.25, -0.2) is 13.1 Å². The molecule has 1 aromatic rings. The molecule has 0 aliphatic carbocycles. The second-order valence-electron chi connectivity index (χ2n) is 6.42. The number of carbonyl (C=O) groups excluding carboxylic acids is 1. The van der Waals surface area contributed by atoms with Gasteiger partial charge < -0.3 is 20.1 Å². The summed E-state index contributed by atoms with van der Waals surface area (Å²) in [7, 11) is -3.71. The van der Waals surface area contributed by atoms with Crippen molar-refractivity contribution in [3.63, 3.8) is 0 Å². The summed E-state index contributed by atoms with van der Waals surface area (Å²) in [5, 5.41) is 6.14. The molecule has 1 saturated heterocycles. The smallest absolute Gasteiger partial charge is 0.240 e. The fraction of sp³-hybridized carbons (Fsp3) is 0.588. The number of sulfonamides is 1. The van der Waals surface area contributed by atoms with Crippen LogP contribution in [0.1, 0.15) is 25.7 Å². The zero-order valence-corrected chi connectivity index (χ0v) is 15.4. The van der Waals surface area contributed by atoms with Gasteiger partial charge in [0.1, 0.15) is 0 Å². The Morgan fingerprint density at radius 1 is 1.19 bits per heavy atom. The van der Waals surface area contributed by atoms with Gasteiger partial charge in [0.05, 0.1) is 18.1 Å². The molecule has 2 aliphatic heterocycles. The zero-order valence-electron chi connectivity index (χ0n) is 14.6. The van der Waals surface area contributed by atoms with Crippen molar-refractivity contribution in [1.82, 2.24) is 15.4 Å². The van der Waals surface area contributed by atoms with Crippen LogP contribution in [0.3, 0.4) is 0 Å². The summed E-state index contributed by atoms with van der Waals surface area (Å²) >= 11 is 0. The topological polar surface area (TPSA) is 106 Å². The van der Waals surface area contributed by atoms with E-state index in [0.717, 1.165) is 32.4 Å². The van der Waals surface area contributed by atoms with E-state index in [-0.39, 0.29) is 29.8 Å².